The molecule has 4 rings (SSSR count). The highest BCUT2D eigenvalue weighted by molar-refractivity contribution is 5.65. The van der Waals surface area contributed by atoms with E-state index in [9.17, 15) is 5.11 Å². The average Bonchev–Trinajstić information content (AvgIpc) is 3.28. The second-order valence-corrected chi connectivity index (χ2v) is 6.48. The number of nitrogens with zero attached hydrogens (tertiary/aromatic N) is 7. The van der Waals surface area contributed by atoms with Gasteiger partial charge in [-0.25, -0.2) is 9.97 Å². The molecule has 2 N–H and O–H groups in total. The van der Waals surface area contributed by atoms with Crippen molar-refractivity contribution < 1.29 is 5.11 Å². The van der Waals surface area contributed by atoms with Gasteiger partial charge in [0.1, 0.15) is 11.6 Å². The molecule has 0 fully saturated rings. The third kappa shape index (κ3) is 3.49. The van der Waals surface area contributed by atoms with Crippen LogP contribution in [-0.4, -0.2) is 46.1 Å². The topological polar surface area (TPSA) is 106 Å². The summed E-state index contributed by atoms with van der Waals surface area (Å²) in [5, 5.41) is 25.0. The van der Waals surface area contributed by atoms with Crippen molar-refractivity contribution >= 4 is 17.4 Å². The van der Waals surface area contributed by atoms with Crippen LogP contribution in [0.3, 0.4) is 0 Å². The number of hydrogen-bond donors (Lipinski definition) is 2. The summed E-state index contributed by atoms with van der Waals surface area (Å²) in [6, 6.07) is 7.62. The van der Waals surface area contributed by atoms with Gasteiger partial charge < -0.3 is 10.4 Å². The zero-order chi connectivity index (χ0) is 18.8. The molecule has 0 saturated carbocycles. The quantitative estimate of drug-likeness (QED) is 0.537. The standard InChI is InChI=1S/C18H20N8O/c1-12(11-27)9-16-23-24-17-10-13(5-8-26(16)17)14-3-6-19-18(21-14)22-15-4-7-20-25(15)2/h3-8,10,12,27H,9,11H2,1-2H3,(H,19,21,22)/t12-/m0/s1. The van der Waals surface area contributed by atoms with Crippen LogP contribution in [0.4, 0.5) is 11.8 Å². The lowest BCUT2D eigenvalue weighted by Gasteiger charge is -2.08. The van der Waals surface area contributed by atoms with E-state index in [4.69, 9.17) is 0 Å². The Morgan fingerprint density at radius 2 is 2.07 bits per heavy atom. The number of nitrogens with one attached hydrogen (secondary N) is 1. The van der Waals surface area contributed by atoms with Gasteiger partial charge in [0.05, 0.1) is 11.9 Å². The van der Waals surface area contributed by atoms with Gasteiger partial charge in [0.25, 0.3) is 0 Å². The molecule has 0 spiro atoms. The van der Waals surface area contributed by atoms with Crippen LogP contribution < -0.4 is 5.32 Å². The van der Waals surface area contributed by atoms with E-state index in [2.05, 4.69) is 30.6 Å². The molecule has 0 saturated heterocycles. The van der Waals surface area contributed by atoms with Gasteiger partial charge in [-0.1, -0.05) is 6.92 Å². The molecule has 138 valence electrons. The molecule has 9 heteroatoms. The Bertz CT molecular complexity index is 1070. The molecule has 4 aromatic heterocycles. The first-order valence-electron chi connectivity index (χ1n) is 8.67. The second-order valence-electron chi connectivity index (χ2n) is 6.48. The summed E-state index contributed by atoms with van der Waals surface area (Å²) in [7, 11) is 1.85. The average molecular weight is 364 g/mol. The molecule has 4 heterocycles. The van der Waals surface area contributed by atoms with Crippen LogP contribution in [-0.2, 0) is 13.5 Å². The maximum absolute atomic E-state index is 9.25. The van der Waals surface area contributed by atoms with E-state index in [0.29, 0.717) is 12.4 Å². The first-order valence-corrected chi connectivity index (χ1v) is 8.67. The molecule has 0 bridgehead atoms. The van der Waals surface area contributed by atoms with E-state index in [1.54, 1.807) is 17.1 Å². The third-order valence-electron chi connectivity index (χ3n) is 4.34. The molecule has 0 amide bonds. The summed E-state index contributed by atoms with van der Waals surface area (Å²) in [4.78, 5) is 8.85. The number of fused-ring (bicyclic) bond motifs is 1. The fourth-order valence-electron chi connectivity index (χ4n) is 2.81. The van der Waals surface area contributed by atoms with E-state index in [0.717, 1.165) is 28.5 Å². The number of aliphatic hydroxyl groups is 1. The van der Waals surface area contributed by atoms with E-state index in [1.807, 2.05) is 48.8 Å². The van der Waals surface area contributed by atoms with Crippen molar-refractivity contribution in [2.24, 2.45) is 13.0 Å². The molecular weight excluding hydrogens is 344 g/mol. The maximum atomic E-state index is 9.25. The molecule has 9 nitrogen and oxygen atoms in total. The van der Waals surface area contributed by atoms with Gasteiger partial charge >= 0.3 is 0 Å². The highest BCUT2D eigenvalue weighted by Crippen LogP contribution is 2.21. The summed E-state index contributed by atoms with van der Waals surface area (Å²) in [6.45, 7) is 2.10. The Morgan fingerprint density at radius 1 is 1.19 bits per heavy atom. The highest BCUT2D eigenvalue weighted by Gasteiger charge is 2.11. The fraction of sp³-hybridized carbons (Fsp3) is 0.278. The molecule has 0 aliphatic carbocycles. The SMILES string of the molecule is C[C@H](CO)Cc1nnc2cc(-c3ccnc(Nc4ccnn4C)n3)ccn12. The summed E-state index contributed by atoms with van der Waals surface area (Å²) < 4.78 is 3.65. The molecule has 0 radical (unpaired) electrons. The van der Waals surface area contributed by atoms with Crippen molar-refractivity contribution in [1.82, 2.24) is 34.3 Å². The van der Waals surface area contributed by atoms with Crippen molar-refractivity contribution in [2.75, 3.05) is 11.9 Å². The number of hydrogen-bond acceptors (Lipinski definition) is 7. The zero-order valence-corrected chi connectivity index (χ0v) is 15.1. The first kappa shape index (κ1) is 17.1. The predicted molar refractivity (Wildman–Crippen MR) is 100 cm³/mol. The lowest BCUT2D eigenvalue weighted by atomic mass is 10.1. The molecule has 1 atom stereocenters. The summed E-state index contributed by atoms with van der Waals surface area (Å²) in [5.41, 5.74) is 2.45. The van der Waals surface area contributed by atoms with Gasteiger partial charge in [-0.05, 0) is 24.1 Å². The van der Waals surface area contributed by atoms with Crippen molar-refractivity contribution in [3.05, 3.63) is 48.7 Å². The number of anilines is 2. The van der Waals surface area contributed by atoms with Gasteiger partial charge in [0.2, 0.25) is 5.95 Å². The van der Waals surface area contributed by atoms with Crippen molar-refractivity contribution in [1.29, 1.82) is 0 Å². The molecule has 0 aromatic carbocycles. The van der Waals surface area contributed by atoms with Crippen LogP contribution in [0.2, 0.25) is 0 Å². The smallest absolute Gasteiger partial charge is 0.228 e. The highest BCUT2D eigenvalue weighted by atomic mass is 16.3. The van der Waals surface area contributed by atoms with Crippen LogP contribution in [0.15, 0.2) is 42.9 Å². The minimum absolute atomic E-state index is 0.125. The van der Waals surface area contributed by atoms with Crippen molar-refractivity contribution in [3.8, 4) is 11.3 Å². The molecule has 0 unspecified atom stereocenters. The Balaban J connectivity index is 1.62. The Hall–Kier alpha value is -3.33. The van der Waals surface area contributed by atoms with Gasteiger partial charge in [-0.2, -0.15) is 5.10 Å². The molecular formula is C18H20N8O. The first-order chi connectivity index (χ1) is 13.1. The number of pyridine rings is 1. The van der Waals surface area contributed by atoms with E-state index < -0.39 is 0 Å². The zero-order valence-electron chi connectivity index (χ0n) is 15.1. The molecule has 0 aliphatic rings. The van der Waals surface area contributed by atoms with Crippen LogP contribution in [0.1, 0.15) is 12.7 Å². The summed E-state index contributed by atoms with van der Waals surface area (Å²) in [5.74, 6) is 2.27. The van der Waals surface area contributed by atoms with Crippen LogP contribution in [0.25, 0.3) is 16.9 Å². The minimum atomic E-state index is 0.125. The van der Waals surface area contributed by atoms with Gasteiger partial charge in [0.15, 0.2) is 5.65 Å². The van der Waals surface area contributed by atoms with Gasteiger partial charge in [-0.3, -0.25) is 9.08 Å². The van der Waals surface area contributed by atoms with Crippen molar-refractivity contribution in [2.45, 2.75) is 13.3 Å². The Kier molecular flexibility index (Phi) is 4.51. The van der Waals surface area contributed by atoms with E-state index >= 15 is 0 Å². The Morgan fingerprint density at radius 3 is 2.85 bits per heavy atom. The van der Waals surface area contributed by atoms with Crippen LogP contribution >= 0.6 is 0 Å². The number of rotatable bonds is 6. The van der Waals surface area contributed by atoms with Gasteiger partial charge in [-0.15, -0.1) is 10.2 Å². The second kappa shape index (κ2) is 7.12. The summed E-state index contributed by atoms with van der Waals surface area (Å²) >= 11 is 0. The normalized spacial score (nSPS) is 12.4. The Labute approximate surface area is 155 Å². The van der Waals surface area contributed by atoms with Gasteiger partial charge in [0, 0.05) is 44.1 Å². The minimum Gasteiger partial charge on any atom is -0.396 e. The monoisotopic (exact) mass is 364 g/mol. The molecule has 4 aromatic rings. The summed E-state index contributed by atoms with van der Waals surface area (Å²) in [6.07, 6.45) is 6.02. The lowest BCUT2D eigenvalue weighted by molar-refractivity contribution is 0.235. The van der Waals surface area contributed by atoms with Crippen molar-refractivity contribution in [3.63, 3.8) is 0 Å². The largest absolute Gasteiger partial charge is 0.396 e. The fourth-order valence-corrected chi connectivity index (χ4v) is 2.81. The van der Waals surface area contributed by atoms with E-state index in [1.165, 1.54) is 0 Å². The molecule has 0 aliphatic heterocycles. The number of aryl methyl sites for hydroxylation is 1. The number of aliphatic hydroxyl groups excluding tert-OH is 1. The molecule has 27 heavy (non-hydrogen) atoms. The third-order valence-corrected chi connectivity index (χ3v) is 4.34. The van der Waals surface area contributed by atoms with E-state index in [-0.39, 0.29) is 12.5 Å². The predicted octanol–water partition coefficient (Wildman–Crippen LogP) is 1.83. The number of aromatic nitrogens is 7. The van der Waals surface area contributed by atoms with Crippen LogP contribution in [0.5, 0.6) is 0 Å². The maximum Gasteiger partial charge on any atom is 0.228 e. The lowest BCUT2D eigenvalue weighted by Crippen LogP contribution is -2.07. The van der Waals surface area contributed by atoms with Crippen LogP contribution in [0, 0.1) is 5.92 Å².